The summed E-state index contributed by atoms with van der Waals surface area (Å²) < 4.78 is 0. The van der Waals surface area contributed by atoms with Crippen molar-refractivity contribution in [2.45, 2.75) is 39.7 Å². The van der Waals surface area contributed by atoms with Crippen LogP contribution in [0.15, 0.2) is 67.0 Å². The average molecular weight is 376 g/mol. The highest BCUT2D eigenvalue weighted by atomic mass is 15.3. The van der Waals surface area contributed by atoms with E-state index in [0.717, 1.165) is 39.1 Å². The molecule has 3 heteroatoms. The van der Waals surface area contributed by atoms with Gasteiger partial charge in [-0.1, -0.05) is 54.6 Å². The highest BCUT2D eigenvalue weighted by Crippen LogP contribution is 2.28. The van der Waals surface area contributed by atoms with Crippen molar-refractivity contribution in [3.05, 3.63) is 89.4 Å². The molecule has 1 aliphatic rings. The lowest BCUT2D eigenvalue weighted by molar-refractivity contribution is 0.153. The standard InChI is InChI=1S/C25H33N3/c1-19(2)24(22-10-8-21(5)9-11-22)17-25-23(7-6-12-26-25)18-27-13-15-28(16-14-27)20(3)4/h6-12,24H,1,3,13-18H2,2,4-5H3. The van der Waals surface area contributed by atoms with Crippen LogP contribution in [0, 0.1) is 6.92 Å². The van der Waals surface area contributed by atoms with E-state index in [0.29, 0.717) is 5.92 Å². The number of rotatable bonds is 7. The van der Waals surface area contributed by atoms with Gasteiger partial charge >= 0.3 is 0 Å². The third-order valence-electron chi connectivity index (χ3n) is 5.76. The summed E-state index contributed by atoms with van der Waals surface area (Å²) in [6.45, 7) is 19.9. The second kappa shape index (κ2) is 9.20. The molecule has 0 radical (unpaired) electrons. The van der Waals surface area contributed by atoms with E-state index in [1.54, 1.807) is 0 Å². The lowest BCUT2D eigenvalue weighted by atomic mass is 9.87. The second-order valence-corrected chi connectivity index (χ2v) is 8.12. The molecule has 0 spiro atoms. The Morgan fingerprint density at radius 2 is 1.71 bits per heavy atom. The van der Waals surface area contributed by atoms with Crippen molar-refractivity contribution in [2.75, 3.05) is 26.2 Å². The number of nitrogens with zero attached hydrogens (tertiary/aromatic N) is 3. The molecule has 1 atom stereocenters. The summed E-state index contributed by atoms with van der Waals surface area (Å²) in [6.07, 6.45) is 2.82. The number of benzene rings is 1. The van der Waals surface area contributed by atoms with Crippen LogP contribution >= 0.6 is 0 Å². The first kappa shape index (κ1) is 20.3. The summed E-state index contributed by atoms with van der Waals surface area (Å²) in [5, 5.41) is 0. The molecule has 0 amide bonds. The Hall–Kier alpha value is -2.39. The predicted molar refractivity (Wildman–Crippen MR) is 118 cm³/mol. The Labute approximate surface area is 170 Å². The van der Waals surface area contributed by atoms with Crippen LogP contribution in [0.4, 0.5) is 0 Å². The van der Waals surface area contributed by atoms with Crippen molar-refractivity contribution in [3.8, 4) is 0 Å². The third kappa shape index (κ3) is 5.11. The van der Waals surface area contributed by atoms with Gasteiger partial charge < -0.3 is 4.90 Å². The Bertz CT molecular complexity index is 814. The second-order valence-electron chi connectivity index (χ2n) is 8.12. The highest BCUT2D eigenvalue weighted by Gasteiger charge is 2.20. The molecule has 0 bridgehead atoms. The van der Waals surface area contributed by atoms with E-state index in [1.165, 1.54) is 33.7 Å². The van der Waals surface area contributed by atoms with E-state index < -0.39 is 0 Å². The van der Waals surface area contributed by atoms with Gasteiger partial charge in [-0.25, -0.2) is 0 Å². The van der Waals surface area contributed by atoms with Gasteiger partial charge in [-0.3, -0.25) is 9.88 Å². The lowest BCUT2D eigenvalue weighted by Crippen LogP contribution is -2.44. The average Bonchev–Trinajstić information content (AvgIpc) is 2.68. The molecular formula is C25H33N3. The van der Waals surface area contributed by atoms with Crippen LogP contribution in [0.25, 0.3) is 0 Å². The minimum atomic E-state index is 0.300. The number of aromatic nitrogens is 1. The van der Waals surface area contributed by atoms with Gasteiger partial charge in [0.2, 0.25) is 0 Å². The Morgan fingerprint density at radius 3 is 2.32 bits per heavy atom. The maximum Gasteiger partial charge on any atom is 0.0457 e. The first-order valence-corrected chi connectivity index (χ1v) is 10.2. The number of hydrogen-bond acceptors (Lipinski definition) is 3. The fourth-order valence-electron chi connectivity index (χ4n) is 3.90. The van der Waals surface area contributed by atoms with Gasteiger partial charge in [0, 0.05) is 62.7 Å². The summed E-state index contributed by atoms with van der Waals surface area (Å²) in [5.74, 6) is 0.300. The van der Waals surface area contributed by atoms with Gasteiger partial charge in [-0.15, -0.1) is 0 Å². The SMILES string of the molecule is C=C(C)C(Cc1ncccc1CN1CCN(C(=C)C)CC1)c1ccc(C)cc1. The normalized spacial score (nSPS) is 16.0. The van der Waals surface area contributed by atoms with Crippen molar-refractivity contribution < 1.29 is 0 Å². The van der Waals surface area contributed by atoms with Crippen LogP contribution in [0.1, 0.15) is 42.1 Å². The maximum atomic E-state index is 4.76. The largest absolute Gasteiger partial charge is 0.373 e. The van der Waals surface area contributed by atoms with Crippen LogP contribution in [0.2, 0.25) is 0 Å². The molecule has 1 fully saturated rings. The van der Waals surface area contributed by atoms with Crippen molar-refractivity contribution in [1.82, 2.24) is 14.8 Å². The summed E-state index contributed by atoms with van der Waals surface area (Å²) in [5.41, 5.74) is 7.50. The fourth-order valence-corrected chi connectivity index (χ4v) is 3.90. The van der Waals surface area contributed by atoms with E-state index in [4.69, 9.17) is 4.98 Å². The quantitative estimate of drug-likeness (QED) is 0.639. The van der Waals surface area contributed by atoms with Crippen molar-refractivity contribution in [2.24, 2.45) is 0 Å². The number of aryl methyl sites for hydroxylation is 1. The topological polar surface area (TPSA) is 19.4 Å². The molecule has 0 saturated carbocycles. The van der Waals surface area contributed by atoms with Crippen molar-refractivity contribution in [1.29, 1.82) is 0 Å². The summed E-state index contributed by atoms with van der Waals surface area (Å²) in [4.78, 5) is 9.66. The molecule has 1 aromatic carbocycles. The van der Waals surface area contributed by atoms with Gasteiger partial charge in [-0.2, -0.15) is 0 Å². The van der Waals surface area contributed by atoms with Crippen LogP contribution in [-0.4, -0.2) is 41.0 Å². The minimum absolute atomic E-state index is 0.300. The molecular weight excluding hydrogens is 342 g/mol. The van der Waals surface area contributed by atoms with E-state index >= 15 is 0 Å². The lowest BCUT2D eigenvalue weighted by Gasteiger charge is -2.36. The Morgan fingerprint density at radius 1 is 1.04 bits per heavy atom. The van der Waals surface area contributed by atoms with E-state index in [-0.39, 0.29) is 0 Å². The Balaban J connectivity index is 1.73. The molecule has 1 aromatic heterocycles. The van der Waals surface area contributed by atoms with Crippen LogP contribution in [0.5, 0.6) is 0 Å². The number of hydrogen-bond donors (Lipinski definition) is 0. The van der Waals surface area contributed by atoms with Gasteiger partial charge in [0.1, 0.15) is 0 Å². The van der Waals surface area contributed by atoms with Gasteiger partial charge in [-0.05, 0) is 38.0 Å². The first-order valence-electron chi connectivity index (χ1n) is 10.2. The molecule has 0 aliphatic carbocycles. The summed E-state index contributed by atoms with van der Waals surface area (Å²) in [7, 11) is 0. The first-order chi connectivity index (χ1) is 13.4. The zero-order valence-electron chi connectivity index (χ0n) is 17.6. The monoisotopic (exact) mass is 375 g/mol. The zero-order chi connectivity index (χ0) is 20.1. The molecule has 3 rings (SSSR count). The molecule has 28 heavy (non-hydrogen) atoms. The predicted octanol–water partition coefficient (Wildman–Crippen LogP) is 4.94. The van der Waals surface area contributed by atoms with Crippen molar-refractivity contribution >= 4 is 0 Å². The van der Waals surface area contributed by atoms with Crippen molar-refractivity contribution in [3.63, 3.8) is 0 Å². The molecule has 1 aliphatic heterocycles. The molecule has 1 unspecified atom stereocenters. The molecule has 2 heterocycles. The van der Waals surface area contributed by atoms with E-state index in [1.807, 2.05) is 6.20 Å². The third-order valence-corrected chi connectivity index (χ3v) is 5.76. The smallest absolute Gasteiger partial charge is 0.0457 e. The highest BCUT2D eigenvalue weighted by molar-refractivity contribution is 5.33. The van der Waals surface area contributed by atoms with Gasteiger partial charge in [0.15, 0.2) is 0 Å². The molecule has 0 N–H and O–H groups in total. The van der Waals surface area contributed by atoms with Gasteiger partial charge in [0.25, 0.3) is 0 Å². The zero-order valence-corrected chi connectivity index (χ0v) is 17.6. The summed E-state index contributed by atoms with van der Waals surface area (Å²) >= 11 is 0. The maximum absolute atomic E-state index is 4.76. The van der Waals surface area contributed by atoms with Gasteiger partial charge in [0.05, 0.1) is 0 Å². The van der Waals surface area contributed by atoms with Crippen LogP contribution in [-0.2, 0) is 13.0 Å². The molecule has 2 aromatic rings. The fraction of sp³-hybridized carbons (Fsp3) is 0.400. The minimum Gasteiger partial charge on any atom is -0.373 e. The molecule has 3 nitrogen and oxygen atoms in total. The number of pyridine rings is 1. The van der Waals surface area contributed by atoms with Crippen LogP contribution in [0.3, 0.4) is 0 Å². The Kier molecular flexibility index (Phi) is 6.69. The summed E-state index contributed by atoms with van der Waals surface area (Å²) in [6, 6.07) is 13.1. The van der Waals surface area contributed by atoms with Crippen LogP contribution < -0.4 is 0 Å². The molecule has 1 saturated heterocycles. The molecule has 148 valence electrons. The van der Waals surface area contributed by atoms with E-state index in [2.05, 4.69) is 80.1 Å². The number of piperazine rings is 1. The number of allylic oxidation sites excluding steroid dienone is 2. The van der Waals surface area contributed by atoms with E-state index in [9.17, 15) is 0 Å².